The maximum Gasteiger partial charge on any atom is 0.00952 e. The van der Waals surface area contributed by atoms with E-state index in [0.717, 1.165) is 35.6 Å². The van der Waals surface area contributed by atoms with Crippen molar-refractivity contribution in [2.24, 2.45) is 40.4 Å². The molecule has 3 fully saturated rings. The van der Waals surface area contributed by atoms with E-state index in [-0.39, 0.29) is 0 Å². The van der Waals surface area contributed by atoms with Gasteiger partial charge in [-0.15, -0.1) is 0 Å². The van der Waals surface area contributed by atoms with Gasteiger partial charge in [-0.3, -0.25) is 0 Å². The Kier molecular flexibility index (Phi) is 3.96. The molecule has 0 spiro atoms. The summed E-state index contributed by atoms with van der Waals surface area (Å²) in [4.78, 5) is 0. The van der Waals surface area contributed by atoms with Gasteiger partial charge in [-0.1, -0.05) is 41.0 Å². The third kappa shape index (κ3) is 2.21. The van der Waals surface area contributed by atoms with Gasteiger partial charge in [0.1, 0.15) is 0 Å². The van der Waals surface area contributed by atoms with Gasteiger partial charge in [0, 0.05) is 6.04 Å². The second-order valence-electron chi connectivity index (χ2n) is 9.47. The molecule has 0 radical (unpaired) electrons. The zero-order valence-corrected chi connectivity index (χ0v) is 15.2. The summed E-state index contributed by atoms with van der Waals surface area (Å²) >= 11 is 0. The van der Waals surface area contributed by atoms with E-state index in [1.807, 2.05) is 0 Å². The van der Waals surface area contributed by atoms with Crippen molar-refractivity contribution in [3.05, 3.63) is 0 Å². The Morgan fingerprint density at radius 2 is 1.71 bits per heavy atom. The van der Waals surface area contributed by atoms with Crippen LogP contribution in [0.15, 0.2) is 0 Å². The van der Waals surface area contributed by atoms with E-state index in [0.29, 0.717) is 10.8 Å². The highest BCUT2D eigenvalue weighted by Gasteiger charge is 2.59. The summed E-state index contributed by atoms with van der Waals surface area (Å²) in [5, 5.41) is 3.62. The number of nitrogens with one attached hydrogen (secondary N) is 1. The molecular weight excluding hydrogens is 254 g/mol. The van der Waals surface area contributed by atoms with Gasteiger partial charge in [0.2, 0.25) is 0 Å². The summed E-state index contributed by atoms with van der Waals surface area (Å²) in [5.74, 6) is 4.54. The van der Waals surface area contributed by atoms with Crippen molar-refractivity contribution in [3.63, 3.8) is 0 Å². The standard InChI is InChI=1S/C20H37N/c1-13-7-8-18-19(4,12-13)10-9-16-11-17(21-6)14(2)15(3)20(16,18)5/h13-18,21H,7-12H2,1-6H3. The van der Waals surface area contributed by atoms with Crippen LogP contribution in [0, 0.1) is 40.4 Å². The molecule has 8 unspecified atom stereocenters. The van der Waals surface area contributed by atoms with Crippen molar-refractivity contribution in [2.45, 2.75) is 79.2 Å². The number of rotatable bonds is 1. The van der Waals surface area contributed by atoms with Crippen LogP contribution in [0.1, 0.15) is 73.1 Å². The fourth-order valence-electron chi connectivity index (χ4n) is 7.16. The molecule has 3 saturated carbocycles. The quantitative estimate of drug-likeness (QED) is 0.708. The molecule has 122 valence electrons. The van der Waals surface area contributed by atoms with E-state index in [1.54, 1.807) is 0 Å². The lowest BCUT2D eigenvalue weighted by molar-refractivity contribution is -0.156. The minimum Gasteiger partial charge on any atom is -0.317 e. The van der Waals surface area contributed by atoms with Gasteiger partial charge in [0.15, 0.2) is 0 Å². The summed E-state index contributed by atoms with van der Waals surface area (Å²) in [6, 6.07) is 0.741. The van der Waals surface area contributed by atoms with E-state index >= 15 is 0 Å². The van der Waals surface area contributed by atoms with E-state index in [9.17, 15) is 0 Å². The Labute approximate surface area is 132 Å². The van der Waals surface area contributed by atoms with Gasteiger partial charge < -0.3 is 5.32 Å². The minimum absolute atomic E-state index is 0.583. The summed E-state index contributed by atoms with van der Waals surface area (Å²) in [7, 11) is 2.17. The van der Waals surface area contributed by atoms with Crippen LogP contribution in [-0.4, -0.2) is 13.1 Å². The SMILES string of the molecule is CNC1CC2CCC3(C)CC(C)CCC3C2(C)C(C)C1C. The summed E-state index contributed by atoms with van der Waals surface area (Å²) in [5.41, 5.74) is 1.21. The van der Waals surface area contributed by atoms with Crippen LogP contribution in [0.25, 0.3) is 0 Å². The first-order chi connectivity index (χ1) is 9.83. The highest BCUT2D eigenvalue weighted by molar-refractivity contribution is 5.09. The Hall–Kier alpha value is -0.0400. The van der Waals surface area contributed by atoms with Crippen LogP contribution in [0.4, 0.5) is 0 Å². The molecular formula is C20H37N. The number of fused-ring (bicyclic) bond motifs is 3. The topological polar surface area (TPSA) is 12.0 Å². The fraction of sp³-hybridized carbons (Fsp3) is 1.00. The van der Waals surface area contributed by atoms with Crippen molar-refractivity contribution in [1.29, 1.82) is 0 Å². The normalized spacial score (nSPS) is 57.4. The molecule has 1 nitrogen and oxygen atoms in total. The van der Waals surface area contributed by atoms with Crippen LogP contribution >= 0.6 is 0 Å². The fourth-order valence-corrected chi connectivity index (χ4v) is 7.16. The molecule has 0 heterocycles. The highest BCUT2D eigenvalue weighted by Crippen LogP contribution is 2.66. The molecule has 3 aliphatic rings. The van der Waals surface area contributed by atoms with Crippen molar-refractivity contribution < 1.29 is 0 Å². The van der Waals surface area contributed by atoms with Gasteiger partial charge in [-0.25, -0.2) is 0 Å². The Balaban J connectivity index is 1.94. The second kappa shape index (κ2) is 5.25. The van der Waals surface area contributed by atoms with Crippen molar-refractivity contribution >= 4 is 0 Å². The Morgan fingerprint density at radius 3 is 2.38 bits per heavy atom. The van der Waals surface area contributed by atoms with Crippen LogP contribution in [-0.2, 0) is 0 Å². The van der Waals surface area contributed by atoms with Crippen molar-refractivity contribution in [2.75, 3.05) is 7.05 Å². The van der Waals surface area contributed by atoms with Crippen LogP contribution in [0.3, 0.4) is 0 Å². The average molecular weight is 292 g/mol. The van der Waals surface area contributed by atoms with Gasteiger partial charge in [0.05, 0.1) is 0 Å². The Morgan fingerprint density at radius 1 is 1.00 bits per heavy atom. The van der Waals surface area contributed by atoms with Gasteiger partial charge in [-0.05, 0) is 79.6 Å². The molecule has 8 atom stereocenters. The van der Waals surface area contributed by atoms with E-state index in [4.69, 9.17) is 0 Å². The van der Waals surface area contributed by atoms with Gasteiger partial charge in [0.25, 0.3) is 0 Å². The highest BCUT2D eigenvalue weighted by atomic mass is 14.9. The third-order valence-corrected chi connectivity index (χ3v) is 8.61. The first kappa shape index (κ1) is 15.8. The first-order valence-corrected chi connectivity index (χ1v) is 9.50. The summed E-state index contributed by atoms with van der Waals surface area (Å²) < 4.78 is 0. The summed E-state index contributed by atoms with van der Waals surface area (Å²) in [6.07, 6.45) is 8.83. The lowest BCUT2D eigenvalue weighted by Crippen LogP contribution is -2.60. The third-order valence-electron chi connectivity index (χ3n) is 8.61. The predicted octanol–water partition coefficient (Wildman–Crippen LogP) is 5.11. The van der Waals surface area contributed by atoms with E-state index < -0.39 is 0 Å². The molecule has 0 saturated heterocycles. The van der Waals surface area contributed by atoms with Crippen LogP contribution < -0.4 is 5.32 Å². The Bertz CT molecular complexity index is 387. The maximum absolute atomic E-state index is 3.62. The molecule has 0 aromatic heterocycles. The smallest absolute Gasteiger partial charge is 0.00952 e. The number of hydrogen-bond acceptors (Lipinski definition) is 1. The van der Waals surface area contributed by atoms with E-state index in [1.165, 1.54) is 38.5 Å². The van der Waals surface area contributed by atoms with Crippen molar-refractivity contribution in [1.82, 2.24) is 5.32 Å². The maximum atomic E-state index is 3.62. The second-order valence-corrected chi connectivity index (χ2v) is 9.47. The molecule has 0 aromatic carbocycles. The molecule has 1 N–H and O–H groups in total. The van der Waals surface area contributed by atoms with Crippen LogP contribution in [0.2, 0.25) is 0 Å². The molecule has 0 aromatic rings. The number of hydrogen-bond donors (Lipinski definition) is 1. The van der Waals surface area contributed by atoms with Crippen molar-refractivity contribution in [3.8, 4) is 0 Å². The predicted molar refractivity (Wildman–Crippen MR) is 91.2 cm³/mol. The lowest BCUT2D eigenvalue weighted by atomic mass is 9.40. The first-order valence-electron chi connectivity index (χ1n) is 9.50. The molecule has 0 bridgehead atoms. The van der Waals surface area contributed by atoms with Gasteiger partial charge >= 0.3 is 0 Å². The van der Waals surface area contributed by atoms with Crippen LogP contribution in [0.5, 0.6) is 0 Å². The zero-order chi connectivity index (χ0) is 15.4. The molecule has 1 heteroatoms. The summed E-state index contributed by atoms with van der Waals surface area (Å²) in [6.45, 7) is 12.9. The largest absolute Gasteiger partial charge is 0.317 e. The molecule has 0 aliphatic heterocycles. The minimum atomic E-state index is 0.583. The zero-order valence-electron chi connectivity index (χ0n) is 15.2. The lowest BCUT2D eigenvalue weighted by Gasteiger charge is -2.65. The monoisotopic (exact) mass is 291 g/mol. The molecule has 3 rings (SSSR count). The molecule has 21 heavy (non-hydrogen) atoms. The van der Waals surface area contributed by atoms with E-state index in [2.05, 4.69) is 47.0 Å². The molecule has 0 amide bonds. The average Bonchev–Trinajstić information content (AvgIpc) is 2.43. The molecule has 3 aliphatic carbocycles. The van der Waals surface area contributed by atoms with Gasteiger partial charge in [-0.2, -0.15) is 0 Å².